The van der Waals surface area contributed by atoms with Gasteiger partial charge in [-0.2, -0.15) is 0 Å². The quantitative estimate of drug-likeness (QED) is 0.764. The first-order valence-corrected chi connectivity index (χ1v) is 5.56. The predicted octanol–water partition coefficient (Wildman–Crippen LogP) is 2.76. The highest BCUT2D eigenvalue weighted by atomic mass is 16.1. The van der Waals surface area contributed by atoms with Crippen molar-refractivity contribution in [2.45, 2.75) is 20.8 Å². The number of rotatable bonds is 1. The van der Waals surface area contributed by atoms with Gasteiger partial charge in [0.2, 0.25) is 0 Å². The summed E-state index contributed by atoms with van der Waals surface area (Å²) in [6, 6.07) is 8.58. The Morgan fingerprint density at radius 1 is 1.18 bits per heavy atom. The third-order valence-electron chi connectivity index (χ3n) is 2.66. The van der Waals surface area contributed by atoms with Crippen LogP contribution < -0.4 is 5.43 Å². The molecule has 0 saturated heterocycles. The molecule has 2 aromatic rings. The minimum Gasteiger partial charge on any atom is -0.352 e. The number of fused-ring (bicyclic) bond motifs is 1. The van der Waals surface area contributed by atoms with Gasteiger partial charge in [-0.3, -0.25) is 9.59 Å². The zero-order chi connectivity index (χ0) is 12.6. The molecule has 0 saturated carbocycles. The molecule has 0 fully saturated rings. The molecule has 0 radical (unpaired) electrons. The van der Waals surface area contributed by atoms with E-state index in [1.54, 1.807) is 12.1 Å². The van der Waals surface area contributed by atoms with Crippen molar-refractivity contribution in [1.82, 2.24) is 4.98 Å². The molecule has 17 heavy (non-hydrogen) atoms. The Kier molecular flexibility index (Phi) is 2.62. The number of carbonyl (C=O) groups excluding carboxylic acids is 1. The summed E-state index contributed by atoms with van der Waals surface area (Å²) in [5.74, 6) is -0.0552. The third-order valence-corrected chi connectivity index (χ3v) is 2.66. The largest absolute Gasteiger partial charge is 0.352 e. The van der Waals surface area contributed by atoms with Crippen LogP contribution in [0.15, 0.2) is 35.1 Å². The fourth-order valence-electron chi connectivity index (χ4n) is 1.72. The molecule has 3 heteroatoms. The number of hydrogen-bond donors (Lipinski definition) is 1. The molecule has 1 aromatic heterocycles. The van der Waals surface area contributed by atoms with Gasteiger partial charge in [-0.05, 0) is 12.1 Å². The van der Waals surface area contributed by atoms with Gasteiger partial charge in [-0.25, -0.2) is 0 Å². The molecule has 3 nitrogen and oxygen atoms in total. The van der Waals surface area contributed by atoms with Crippen molar-refractivity contribution in [2.24, 2.45) is 5.41 Å². The zero-order valence-corrected chi connectivity index (χ0v) is 10.2. The lowest BCUT2D eigenvalue weighted by molar-refractivity contribution is 0.0853. The summed E-state index contributed by atoms with van der Waals surface area (Å²) in [6.45, 7) is 5.51. The van der Waals surface area contributed by atoms with Gasteiger partial charge in [0.05, 0.1) is 5.69 Å². The van der Waals surface area contributed by atoms with E-state index in [0.717, 1.165) is 0 Å². The number of nitrogens with one attached hydrogen (secondary N) is 1. The van der Waals surface area contributed by atoms with Crippen LogP contribution in [0, 0.1) is 5.41 Å². The van der Waals surface area contributed by atoms with E-state index in [0.29, 0.717) is 16.6 Å². The first kappa shape index (κ1) is 11.6. The maximum atomic E-state index is 12.1. The number of aromatic nitrogens is 1. The Labute approximate surface area is 99.5 Å². The van der Waals surface area contributed by atoms with E-state index in [-0.39, 0.29) is 11.2 Å². The van der Waals surface area contributed by atoms with E-state index in [2.05, 4.69) is 4.98 Å². The molecular weight excluding hydrogens is 214 g/mol. The number of H-pyrrole nitrogens is 1. The van der Waals surface area contributed by atoms with E-state index < -0.39 is 5.41 Å². The van der Waals surface area contributed by atoms with Crippen LogP contribution in [0.1, 0.15) is 31.3 Å². The van der Waals surface area contributed by atoms with Crippen LogP contribution in [0.4, 0.5) is 0 Å². The Morgan fingerprint density at radius 3 is 2.47 bits per heavy atom. The number of benzene rings is 1. The minimum absolute atomic E-state index is 0.0552. The highest BCUT2D eigenvalue weighted by Gasteiger charge is 2.24. The van der Waals surface area contributed by atoms with Gasteiger partial charge in [0.25, 0.3) is 0 Å². The molecular formula is C14H15NO2. The first-order chi connectivity index (χ1) is 7.89. The summed E-state index contributed by atoms with van der Waals surface area (Å²) in [4.78, 5) is 27.0. The number of carbonyl (C=O) groups is 1. The molecule has 1 N–H and O–H groups in total. The molecule has 0 amide bonds. The Hall–Kier alpha value is -1.90. The van der Waals surface area contributed by atoms with Crippen LogP contribution in [0.5, 0.6) is 0 Å². The molecule has 0 spiro atoms. The number of para-hydroxylation sites is 1. The van der Waals surface area contributed by atoms with Gasteiger partial charge >= 0.3 is 0 Å². The van der Waals surface area contributed by atoms with Gasteiger partial charge in [0.15, 0.2) is 11.2 Å². The third kappa shape index (κ3) is 2.13. The maximum absolute atomic E-state index is 12.1. The van der Waals surface area contributed by atoms with Crippen molar-refractivity contribution in [3.8, 4) is 0 Å². The number of pyridine rings is 1. The van der Waals surface area contributed by atoms with E-state index in [9.17, 15) is 9.59 Å². The fourth-order valence-corrected chi connectivity index (χ4v) is 1.72. The monoisotopic (exact) mass is 229 g/mol. The van der Waals surface area contributed by atoms with E-state index in [1.165, 1.54) is 6.07 Å². The van der Waals surface area contributed by atoms with Crippen molar-refractivity contribution in [3.63, 3.8) is 0 Å². The molecule has 1 heterocycles. The lowest BCUT2D eigenvalue weighted by Crippen LogP contribution is -2.23. The second-order valence-corrected chi connectivity index (χ2v) is 5.17. The number of aromatic amines is 1. The standard InChI is InChI=1S/C14H15NO2/c1-14(2,3)13(17)11-8-12(16)9-6-4-5-7-10(9)15-11/h4-8H,1-3H3,(H,15,16). The smallest absolute Gasteiger partial charge is 0.190 e. The lowest BCUT2D eigenvalue weighted by Gasteiger charge is -2.16. The second-order valence-electron chi connectivity index (χ2n) is 5.17. The summed E-state index contributed by atoms with van der Waals surface area (Å²) in [5.41, 5.74) is 0.464. The molecule has 88 valence electrons. The van der Waals surface area contributed by atoms with Crippen LogP contribution in [0.3, 0.4) is 0 Å². The van der Waals surface area contributed by atoms with Crippen LogP contribution in [0.2, 0.25) is 0 Å². The fraction of sp³-hybridized carbons (Fsp3) is 0.286. The second kappa shape index (κ2) is 3.84. The van der Waals surface area contributed by atoms with Gasteiger partial charge in [0, 0.05) is 22.4 Å². The molecule has 0 atom stereocenters. The maximum Gasteiger partial charge on any atom is 0.190 e. The summed E-state index contributed by atoms with van der Waals surface area (Å²) >= 11 is 0. The van der Waals surface area contributed by atoms with E-state index in [1.807, 2.05) is 32.9 Å². The van der Waals surface area contributed by atoms with Crippen LogP contribution >= 0.6 is 0 Å². The van der Waals surface area contributed by atoms with Crippen molar-refractivity contribution >= 4 is 16.7 Å². The highest BCUT2D eigenvalue weighted by Crippen LogP contribution is 2.19. The van der Waals surface area contributed by atoms with Crippen molar-refractivity contribution < 1.29 is 4.79 Å². The number of Topliss-reactive ketones (excluding diaryl/α,β-unsaturated/α-hetero) is 1. The molecule has 1 aromatic carbocycles. The van der Waals surface area contributed by atoms with Gasteiger partial charge < -0.3 is 4.98 Å². The highest BCUT2D eigenvalue weighted by molar-refractivity contribution is 5.99. The van der Waals surface area contributed by atoms with Crippen molar-refractivity contribution in [3.05, 3.63) is 46.2 Å². The van der Waals surface area contributed by atoms with Crippen LogP contribution in [0.25, 0.3) is 10.9 Å². The predicted molar refractivity (Wildman–Crippen MR) is 68.4 cm³/mol. The van der Waals surface area contributed by atoms with Gasteiger partial charge in [-0.15, -0.1) is 0 Å². The van der Waals surface area contributed by atoms with E-state index in [4.69, 9.17) is 0 Å². The van der Waals surface area contributed by atoms with Crippen LogP contribution in [-0.2, 0) is 0 Å². The summed E-state index contributed by atoms with van der Waals surface area (Å²) in [6.07, 6.45) is 0. The average molecular weight is 229 g/mol. The van der Waals surface area contributed by atoms with Crippen molar-refractivity contribution in [1.29, 1.82) is 0 Å². The Morgan fingerprint density at radius 2 is 1.82 bits per heavy atom. The number of hydrogen-bond acceptors (Lipinski definition) is 2. The van der Waals surface area contributed by atoms with Crippen LogP contribution in [-0.4, -0.2) is 10.8 Å². The first-order valence-electron chi connectivity index (χ1n) is 5.56. The molecule has 0 aliphatic rings. The molecule has 0 aliphatic heterocycles. The molecule has 2 rings (SSSR count). The zero-order valence-electron chi connectivity index (χ0n) is 10.2. The van der Waals surface area contributed by atoms with Gasteiger partial charge in [0.1, 0.15) is 0 Å². The summed E-state index contributed by atoms with van der Waals surface area (Å²) in [7, 11) is 0. The minimum atomic E-state index is -0.495. The van der Waals surface area contributed by atoms with Crippen molar-refractivity contribution in [2.75, 3.05) is 0 Å². The lowest BCUT2D eigenvalue weighted by atomic mass is 9.88. The van der Waals surface area contributed by atoms with E-state index >= 15 is 0 Å². The SMILES string of the molecule is CC(C)(C)C(=O)c1cc(=O)c2ccccc2[nH]1. The average Bonchev–Trinajstić information content (AvgIpc) is 2.27. The number of ketones is 1. The van der Waals surface area contributed by atoms with Gasteiger partial charge in [-0.1, -0.05) is 32.9 Å². The molecule has 0 bridgehead atoms. The topological polar surface area (TPSA) is 49.9 Å². The molecule has 0 aliphatic carbocycles. The Balaban J connectivity index is 2.66. The summed E-state index contributed by atoms with van der Waals surface area (Å²) in [5, 5.41) is 0.609. The molecule has 0 unspecified atom stereocenters. The summed E-state index contributed by atoms with van der Waals surface area (Å²) < 4.78 is 0. The normalized spacial score (nSPS) is 11.7. The Bertz CT molecular complexity index is 632.